The van der Waals surface area contributed by atoms with Crippen LogP contribution in [0.5, 0.6) is 0 Å². The van der Waals surface area contributed by atoms with Gasteiger partial charge in [0.1, 0.15) is 0 Å². The highest BCUT2D eigenvalue weighted by molar-refractivity contribution is 6.36. The maximum atomic E-state index is 2.43. The van der Waals surface area contributed by atoms with E-state index < -0.39 is 0 Å². The number of hydrogen-bond acceptors (Lipinski definition) is 0. The second-order valence-electron chi connectivity index (χ2n) is 10.7. The highest BCUT2D eigenvalue weighted by Crippen LogP contribution is 2.60. The molecule has 0 heteroatoms. The van der Waals surface area contributed by atoms with E-state index in [1.165, 1.54) is 89.1 Å². The number of fused-ring (bicyclic) bond motifs is 7. The van der Waals surface area contributed by atoms with Crippen LogP contribution in [0.3, 0.4) is 0 Å². The van der Waals surface area contributed by atoms with E-state index in [1.54, 1.807) is 0 Å². The SMILES string of the molecule is Cc1ccc2c(c1)C(C1=Cc3ccccc3C1)=C1C2=C(C2=Cc3ccccc3C2)c2cc(C)ccc21. The molecule has 0 spiro atoms. The average Bonchev–Trinajstić information content (AvgIpc) is 3.63. The van der Waals surface area contributed by atoms with Crippen LogP contribution in [0.2, 0.25) is 0 Å². The van der Waals surface area contributed by atoms with Crippen molar-refractivity contribution in [3.8, 4) is 0 Å². The Balaban J connectivity index is 1.44. The number of benzene rings is 4. The van der Waals surface area contributed by atoms with E-state index in [2.05, 4.69) is 111 Å². The van der Waals surface area contributed by atoms with Crippen molar-refractivity contribution in [1.82, 2.24) is 0 Å². The molecule has 0 saturated heterocycles. The van der Waals surface area contributed by atoms with Crippen molar-refractivity contribution < 1.29 is 0 Å². The van der Waals surface area contributed by atoms with Gasteiger partial charge in [-0.1, -0.05) is 108 Å². The lowest BCUT2D eigenvalue weighted by Gasteiger charge is -2.14. The molecule has 0 bridgehead atoms. The second-order valence-corrected chi connectivity index (χ2v) is 10.7. The molecule has 0 radical (unpaired) electrons. The topological polar surface area (TPSA) is 0 Å². The number of aryl methyl sites for hydroxylation is 2. The number of rotatable bonds is 2. The van der Waals surface area contributed by atoms with Gasteiger partial charge in [0.05, 0.1) is 0 Å². The van der Waals surface area contributed by atoms with Crippen LogP contribution in [-0.2, 0) is 12.8 Å². The van der Waals surface area contributed by atoms with Gasteiger partial charge in [-0.15, -0.1) is 0 Å². The van der Waals surface area contributed by atoms with Crippen molar-refractivity contribution in [1.29, 1.82) is 0 Å². The van der Waals surface area contributed by atoms with Crippen LogP contribution < -0.4 is 0 Å². The van der Waals surface area contributed by atoms with E-state index in [4.69, 9.17) is 0 Å². The fourth-order valence-electron chi connectivity index (χ4n) is 6.77. The largest absolute Gasteiger partial charge is 0.0619 e. The van der Waals surface area contributed by atoms with Crippen LogP contribution in [0.1, 0.15) is 55.6 Å². The van der Waals surface area contributed by atoms with Crippen LogP contribution in [0.4, 0.5) is 0 Å². The third-order valence-electron chi connectivity index (χ3n) is 8.35. The van der Waals surface area contributed by atoms with Crippen LogP contribution in [0, 0.1) is 13.8 Å². The first-order chi connectivity index (χ1) is 17.7. The summed E-state index contributed by atoms with van der Waals surface area (Å²) in [6.45, 7) is 4.44. The lowest BCUT2D eigenvalue weighted by molar-refractivity contribution is 1.25. The molecule has 0 atom stereocenters. The van der Waals surface area contributed by atoms with Crippen LogP contribution >= 0.6 is 0 Å². The van der Waals surface area contributed by atoms with E-state index in [-0.39, 0.29) is 0 Å². The zero-order chi connectivity index (χ0) is 24.0. The monoisotopic (exact) mass is 458 g/mol. The summed E-state index contributed by atoms with van der Waals surface area (Å²) in [6, 6.07) is 31.9. The maximum Gasteiger partial charge on any atom is -0.00109 e. The van der Waals surface area contributed by atoms with Gasteiger partial charge in [-0.2, -0.15) is 0 Å². The molecular weight excluding hydrogens is 432 g/mol. The van der Waals surface area contributed by atoms with Gasteiger partial charge in [-0.3, -0.25) is 0 Å². The molecule has 0 heterocycles. The van der Waals surface area contributed by atoms with Crippen LogP contribution in [0.25, 0.3) is 34.4 Å². The van der Waals surface area contributed by atoms with E-state index in [0.717, 1.165) is 12.8 Å². The Morgan fingerprint density at radius 2 is 0.889 bits per heavy atom. The van der Waals surface area contributed by atoms with Crippen LogP contribution in [0.15, 0.2) is 96.1 Å². The smallest absolute Gasteiger partial charge is 0.00109 e. The molecule has 4 aliphatic carbocycles. The molecule has 36 heavy (non-hydrogen) atoms. The summed E-state index contributed by atoms with van der Waals surface area (Å²) in [5, 5.41) is 0. The van der Waals surface area contributed by atoms with E-state index in [0.29, 0.717) is 0 Å². The van der Waals surface area contributed by atoms with Gasteiger partial charge >= 0.3 is 0 Å². The summed E-state index contributed by atoms with van der Waals surface area (Å²) >= 11 is 0. The fraction of sp³-hybridized carbons (Fsp3) is 0.111. The Kier molecular flexibility index (Phi) is 4.00. The predicted molar refractivity (Wildman–Crippen MR) is 152 cm³/mol. The summed E-state index contributed by atoms with van der Waals surface area (Å²) in [5.41, 5.74) is 22.5. The maximum absolute atomic E-state index is 2.43. The zero-order valence-electron chi connectivity index (χ0n) is 20.7. The predicted octanol–water partition coefficient (Wildman–Crippen LogP) is 8.73. The Hall–Kier alpha value is -4.16. The first kappa shape index (κ1) is 20.1. The minimum atomic E-state index is 1.00. The summed E-state index contributed by atoms with van der Waals surface area (Å²) in [6.07, 6.45) is 6.87. The molecule has 0 aliphatic heterocycles. The third kappa shape index (κ3) is 2.70. The first-order valence-electron chi connectivity index (χ1n) is 12.9. The van der Waals surface area contributed by atoms with Crippen molar-refractivity contribution in [3.05, 3.63) is 152 Å². The third-order valence-corrected chi connectivity index (χ3v) is 8.35. The molecule has 4 aromatic carbocycles. The minimum absolute atomic E-state index is 1.00. The van der Waals surface area contributed by atoms with Gasteiger partial charge in [0.15, 0.2) is 0 Å². The fourth-order valence-corrected chi connectivity index (χ4v) is 6.77. The van der Waals surface area contributed by atoms with E-state index >= 15 is 0 Å². The Morgan fingerprint density at radius 1 is 0.444 bits per heavy atom. The van der Waals surface area contributed by atoms with Gasteiger partial charge in [0.25, 0.3) is 0 Å². The van der Waals surface area contributed by atoms with Crippen LogP contribution in [-0.4, -0.2) is 0 Å². The normalized spacial score (nSPS) is 16.5. The van der Waals surface area contributed by atoms with Crippen molar-refractivity contribution in [3.63, 3.8) is 0 Å². The summed E-state index contributed by atoms with van der Waals surface area (Å²) in [5.74, 6) is 0. The molecule has 0 amide bonds. The lowest BCUT2D eigenvalue weighted by atomic mass is 9.89. The molecule has 0 nitrogen and oxygen atoms in total. The average molecular weight is 459 g/mol. The van der Waals surface area contributed by atoms with Gasteiger partial charge in [-0.05, 0) is 105 Å². The molecule has 0 aromatic heterocycles. The first-order valence-corrected chi connectivity index (χ1v) is 12.9. The highest BCUT2D eigenvalue weighted by Gasteiger charge is 2.39. The standard InChI is InChI=1S/C36H26/c1-21-11-13-29-31(15-21)33(27-17-23-7-3-4-8-24(23)18-27)36-30-14-12-22(2)16-32(30)34(35(29)36)28-19-25-9-5-6-10-26(25)20-28/h3-17,19H,18,20H2,1-2H3. The number of allylic oxidation sites excluding steroid dienone is 6. The molecule has 0 N–H and O–H groups in total. The summed E-state index contributed by atoms with van der Waals surface area (Å²) in [4.78, 5) is 0. The van der Waals surface area contributed by atoms with Crippen molar-refractivity contribution in [2.24, 2.45) is 0 Å². The molecule has 4 aliphatic rings. The molecule has 170 valence electrons. The quantitative estimate of drug-likeness (QED) is 0.282. The van der Waals surface area contributed by atoms with Crippen molar-refractivity contribution in [2.45, 2.75) is 26.7 Å². The number of hydrogen-bond donors (Lipinski definition) is 0. The lowest BCUT2D eigenvalue weighted by Crippen LogP contribution is -1.96. The molecule has 8 rings (SSSR count). The van der Waals surface area contributed by atoms with Gasteiger partial charge in [0.2, 0.25) is 0 Å². The van der Waals surface area contributed by atoms with Gasteiger partial charge in [-0.25, -0.2) is 0 Å². The molecular formula is C36H26. The van der Waals surface area contributed by atoms with Gasteiger partial charge in [0, 0.05) is 0 Å². The minimum Gasteiger partial charge on any atom is -0.0619 e. The Morgan fingerprint density at radius 3 is 1.33 bits per heavy atom. The van der Waals surface area contributed by atoms with Crippen molar-refractivity contribution >= 4 is 34.4 Å². The Bertz CT molecular complexity index is 1650. The molecule has 4 aromatic rings. The van der Waals surface area contributed by atoms with E-state index in [1.807, 2.05) is 0 Å². The highest BCUT2D eigenvalue weighted by atomic mass is 14.4. The van der Waals surface area contributed by atoms with Gasteiger partial charge < -0.3 is 0 Å². The molecule has 0 fully saturated rings. The zero-order valence-corrected chi connectivity index (χ0v) is 20.7. The summed E-state index contributed by atoms with van der Waals surface area (Å²) in [7, 11) is 0. The molecule has 0 saturated carbocycles. The molecule has 0 unspecified atom stereocenters. The van der Waals surface area contributed by atoms with E-state index in [9.17, 15) is 0 Å². The second kappa shape index (κ2) is 7.18. The Labute approximate surface area is 212 Å². The summed E-state index contributed by atoms with van der Waals surface area (Å²) < 4.78 is 0. The van der Waals surface area contributed by atoms with Crippen molar-refractivity contribution in [2.75, 3.05) is 0 Å².